The maximum atomic E-state index is 10.9. The monoisotopic (exact) mass is 376 g/mol. The van der Waals surface area contributed by atoms with Crippen LogP contribution in [0.1, 0.15) is 27.6 Å². The van der Waals surface area contributed by atoms with Gasteiger partial charge in [0, 0.05) is 18.1 Å². The molecule has 0 radical (unpaired) electrons. The first kappa shape index (κ1) is 21.3. The molecule has 0 aliphatic rings. The fourth-order valence-corrected chi connectivity index (χ4v) is 2.03. The van der Waals surface area contributed by atoms with Gasteiger partial charge in [-0.15, -0.1) is 0 Å². The summed E-state index contributed by atoms with van der Waals surface area (Å²) in [7, 11) is 2.79. The van der Waals surface area contributed by atoms with Crippen molar-refractivity contribution in [2.24, 2.45) is 0 Å². The van der Waals surface area contributed by atoms with Crippen molar-refractivity contribution in [2.75, 3.05) is 25.3 Å². The average Bonchev–Trinajstić information content (AvgIpc) is 2.65. The maximum Gasteiger partial charge on any atom is 0.221 e. The smallest absolute Gasteiger partial charge is 0.221 e. The van der Waals surface area contributed by atoms with Crippen LogP contribution in [0.15, 0.2) is 24.3 Å². The zero-order chi connectivity index (χ0) is 20.6. The highest BCUT2D eigenvalue weighted by molar-refractivity contribution is 5.98. The fraction of sp³-hybridized carbons (Fsp3) is 0.167. The molecular weight excluding hydrogens is 356 g/mol. The van der Waals surface area contributed by atoms with Crippen LogP contribution in [0.3, 0.4) is 0 Å². The summed E-state index contributed by atoms with van der Waals surface area (Å²) in [5.41, 5.74) is 5.98. The molecule has 144 valence electrons. The van der Waals surface area contributed by atoms with Crippen molar-refractivity contribution < 1.29 is 34.1 Å². The Kier molecular flexibility index (Phi) is 7.62. The van der Waals surface area contributed by atoms with E-state index in [9.17, 15) is 24.6 Å². The number of nitrogen functional groups attached to an aromatic ring is 1. The number of nitrogens with two attached hydrogens (primary N) is 1. The van der Waals surface area contributed by atoms with Gasteiger partial charge in [0.2, 0.25) is 5.91 Å². The highest BCUT2D eigenvalue weighted by atomic mass is 16.5. The maximum absolute atomic E-state index is 10.9. The predicted molar refractivity (Wildman–Crippen MR) is 98.8 cm³/mol. The number of aromatic hydroxyl groups is 2. The lowest BCUT2D eigenvalue weighted by molar-refractivity contribution is -0.114. The summed E-state index contributed by atoms with van der Waals surface area (Å²) in [4.78, 5) is 31.9. The van der Waals surface area contributed by atoms with Crippen molar-refractivity contribution in [1.29, 1.82) is 0 Å². The molecule has 2 aromatic rings. The third-order valence-electron chi connectivity index (χ3n) is 3.38. The molecule has 0 bridgehead atoms. The molecule has 0 atom stereocenters. The Morgan fingerprint density at radius 3 is 1.89 bits per heavy atom. The largest absolute Gasteiger partial charge is 0.503 e. The molecule has 0 aliphatic carbocycles. The van der Waals surface area contributed by atoms with E-state index in [0.717, 1.165) is 0 Å². The van der Waals surface area contributed by atoms with E-state index in [1.165, 1.54) is 45.4 Å². The number of anilines is 2. The second-order valence-electron chi connectivity index (χ2n) is 5.12. The molecule has 0 aromatic heterocycles. The van der Waals surface area contributed by atoms with Crippen LogP contribution in [0.2, 0.25) is 0 Å². The molecule has 0 fully saturated rings. The highest BCUT2D eigenvalue weighted by Crippen LogP contribution is 2.36. The minimum atomic E-state index is -0.373. The molecule has 2 rings (SSSR count). The fourth-order valence-electron chi connectivity index (χ4n) is 2.03. The summed E-state index contributed by atoms with van der Waals surface area (Å²) in [6.07, 6.45) is 1.12. The van der Waals surface area contributed by atoms with Crippen LogP contribution < -0.4 is 20.5 Å². The second kappa shape index (κ2) is 9.66. The summed E-state index contributed by atoms with van der Waals surface area (Å²) in [6.45, 7) is 1.29. The number of rotatable bonds is 5. The summed E-state index contributed by atoms with van der Waals surface area (Å²) in [5.74, 6) is -0.358. The number of carbonyl (C=O) groups is 3. The molecule has 5 N–H and O–H groups in total. The number of hydrogen-bond donors (Lipinski definition) is 4. The lowest BCUT2D eigenvalue weighted by Gasteiger charge is -2.10. The van der Waals surface area contributed by atoms with Gasteiger partial charge in [-0.05, 0) is 24.3 Å². The van der Waals surface area contributed by atoms with Gasteiger partial charge in [0.15, 0.2) is 35.6 Å². The molecule has 9 heteroatoms. The van der Waals surface area contributed by atoms with Crippen molar-refractivity contribution >= 4 is 29.9 Å². The molecule has 0 heterocycles. The lowest BCUT2D eigenvalue weighted by atomic mass is 10.1. The van der Waals surface area contributed by atoms with E-state index >= 15 is 0 Å². The molecule has 0 saturated carbocycles. The molecule has 0 saturated heterocycles. The molecule has 9 nitrogen and oxygen atoms in total. The molecule has 1 amide bonds. The van der Waals surface area contributed by atoms with Crippen LogP contribution in [-0.4, -0.2) is 42.9 Å². The van der Waals surface area contributed by atoms with E-state index < -0.39 is 0 Å². The Bertz CT molecular complexity index is 850. The highest BCUT2D eigenvalue weighted by Gasteiger charge is 2.13. The van der Waals surface area contributed by atoms with Gasteiger partial charge in [-0.25, -0.2) is 0 Å². The summed E-state index contributed by atoms with van der Waals surface area (Å²) in [6, 6.07) is 5.87. The molecule has 0 spiro atoms. The third kappa shape index (κ3) is 5.11. The number of hydrogen-bond acceptors (Lipinski definition) is 8. The van der Waals surface area contributed by atoms with Crippen LogP contribution in [-0.2, 0) is 4.79 Å². The number of amides is 1. The minimum Gasteiger partial charge on any atom is -0.503 e. The van der Waals surface area contributed by atoms with Crippen molar-refractivity contribution in [2.45, 2.75) is 6.92 Å². The molecule has 27 heavy (non-hydrogen) atoms. The number of phenols is 2. The number of benzene rings is 2. The van der Waals surface area contributed by atoms with Gasteiger partial charge in [0.25, 0.3) is 0 Å². The van der Waals surface area contributed by atoms with E-state index in [1.807, 2.05) is 0 Å². The van der Waals surface area contributed by atoms with Crippen molar-refractivity contribution in [3.63, 3.8) is 0 Å². The first-order chi connectivity index (χ1) is 12.8. The number of aldehydes is 2. The lowest BCUT2D eigenvalue weighted by Crippen LogP contribution is -2.08. The Morgan fingerprint density at radius 2 is 1.44 bits per heavy atom. The average molecular weight is 376 g/mol. The van der Waals surface area contributed by atoms with Crippen molar-refractivity contribution in [3.8, 4) is 23.0 Å². The van der Waals surface area contributed by atoms with E-state index in [4.69, 9.17) is 15.2 Å². The van der Waals surface area contributed by atoms with Gasteiger partial charge in [0.1, 0.15) is 0 Å². The van der Waals surface area contributed by atoms with Crippen molar-refractivity contribution in [3.05, 3.63) is 35.4 Å². The number of nitrogens with one attached hydrogen (secondary N) is 1. The van der Waals surface area contributed by atoms with Gasteiger partial charge in [-0.3, -0.25) is 14.4 Å². The number of phenolic OH excluding ortho intramolecular Hbond substituents is 2. The molecule has 0 aliphatic heterocycles. The quantitative estimate of drug-likeness (QED) is 0.352. The number of carbonyl (C=O) groups excluding carboxylic acids is 3. The van der Waals surface area contributed by atoms with Crippen LogP contribution in [0.25, 0.3) is 0 Å². The van der Waals surface area contributed by atoms with Crippen molar-refractivity contribution in [1.82, 2.24) is 0 Å². The predicted octanol–water partition coefficient (Wildman–Crippen LogP) is 1.97. The second-order valence-corrected chi connectivity index (χ2v) is 5.12. The van der Waals surface area contributed by atoms with Crippen LogP contribution in [0.5, 0.6) is 23.0 Å². The normalized spacial score (nSPS) is 9.44. The van der Waals surface area contributed by atoms with Crippen LogP contribution >= 0.6 is 0 Å². The summed E-state index contributed by atoms with van der Waals surface area (Å²) < 4.78 is 9.63. The van der Waals surface area contributed by atoms with E-state index in [0.29, 0.717) is 12.6 Å². The molecular formula is C18H20N2O7. The molecule has 0 unspecified atom stereocenters. The standard InChI is InChI=1S/C10H11NO4.C8H9NO3/c1-6(13)11-9-7(5-12)3-4-8(15-2)10(9)14;1-12-6-3-2-5(4-10)7(9)8(6)11/h3-5,14H,1-2H3,(H,11,13);2-4,11H,9H2,1H3. The first-order valence-corrected chi connectivity index (χ1v) is 7.53. The van der Waals surface area contributed by atoms with Gasteiger partial charge in [0.05, 0.1) is 25.6 Å². The minimum absolute atomic E-state index is 0.0457. The third-order valence-corrected chi connectivity index (χ3v) is 3.38. The summed E-state index contributed by atoms with van der Waals surface area (Å²) >= 11 is 0. The Labute approximate surface area is 155 Å². The van der Waals surface area contributed by atoms with Crippen LogP contribution in [0, 0.1) is 0 Å². The Hall–Kier alpha value is -3.75. The zero-order valence-corrected chi connectivity index (χ0v) is 15.0. The Morgan fingerprint density at radius 1 is 0.963 bits per heavy atom. The summed E-state index contributed by atoms with van der Waals surface area (Å²) in [5, 5.41) is 21.3. The van der Waals surface area contributed by atoms with Gasteiger partial charge >= 0.3 is 0 Å². The van der Waals surface area contributed by atoms with Gasteiger partial charge in [-0.1, -0.05) is 0 Å². The van der Waals surface area contributed by atoms with Gasteiger partial charge in [-0.2, -0.15) is 0 Å². The van der Waals surface area contributed by atoms with E-state index in [2.05, 4.69) is 5.32 Å². The SMILES string of the molecule is COc1ccc(C=O)c(N)c1O.COc1ccc(C=O)c(NC(C)=O)c1O. The number of methoxy groups -OCH3 is 2. The molecule has 2 aromatic carbocycles. The van der Waals surface area contributed by atoms with E-state index in [-0.39, 0.29) is 51.4 Å². The van der Waals surface area contributed by atoms with E-state index in [1.54, 1.807) is 0 Å². The Balaban J connectivity index is 0.000000277. The first-order valence-electron chi connectivity index (χ1n) is 7.53. The van der Waals surface area contributed by atoms with Gasteiger partial charge < -0.3 is 30.7 Å². The topological polar surface area (TPSA) is 148 Å². The van der Waals surface area contributed by atoms with Crippen LogP contribution in [0.4, 0.5) is 11.4 Å². The number of ether oxygens (including phenoxy) is 2. The zero-order valence-electron chi connectivity index (χ0n) is 15.0.